The molecule has 3 nitrogen and oxygen atoms in total. The van der Waals surface area contributed by atoms with Crippen molar-refractivity contribution in [3.05, 3.63) is 28.2 Å². The Labute approximate surface area is 104 Å². The lowest BCUT2D eigenvalue weighted by molar-refractivity contribution is 0.282. The number of nitrogens with one attached hydrogen (secondary N) is 1. The van der Waals surface area contributed by atoms with Gasteiger partial charge in [0.05, 0.1) is 5.56 Å². The molecule has 0 aliphatic heterocycles. The van der Waals surface area contributed by atoms with E-state index in [-0.39, 0.29) is 6.61 Å². The van der Waals surface area contributed by atoms with E-state index >= 15 is 0 Å². The third-order valence-electron chi connectivity index (χ3n) is 2.30. The van der Waals surface area contributed by atoms with Gasteiger partial charge in [-0.3, -0.25) is 0 Å². The zero-order valence-electron chi connectivity index (χ0n) is 9.20. The molecule has 0 spiro atoms. The number of benzene rings is 1. The number of hydrogen-bond acceptors (Lipinski definition) is 3. The van der Waals surface area contributed by atoms with E-state index in [1.165, 1.54) is 0 Å². The second-order valence-corrected chi connectivity index (χ2v) is 4.57. The maximum atomic E-state index is 8.78. The minimum absolute atomic E-state index is 0.225. The molecule has 1 atom stereocenters. The summed E-state index contributed by atoms with van der Waals surface area (Å²) in [5.41, 5.74) is 1.62. The van der Waals surface area contributed by atoms with Gasteiger partial charge < -0.3 is 10.4 Å². The molecule has 0 fully saturated rings. The summed E-state index contributed by atoms with van der Waals surface area (Å²) in [7, 11) is 0. The molecular weight excluding hydrogens is 268 g/mol. The van der Waals surface area contributed by atoms with E-state index < -0.39 is 0 Å². The molecule has 1 aromatic rings. The predicted molar refractivity (Wildman–Crippen MR) is 68.3 cm³/mol. The zero-order valence-corrected chi connectivity index (χ0v) is 10.8. The number of halogens is 1. The predicted octanol–water partition coefficient (Wildman–Crippen LogP) is 2.89. The summed E-state index contributed by atoms with van der Waals surface area (Å²) in [5, 5.41) is 20.8. The van der Waals surface area contributed by atoms with Crippen molar-refractivity contribution < 1.29 is 5.11 Å². The lowest BCUT2D eigenvalue weighted by Crippen LogP contribution is -2.15. The first-order chi connectivity index (χ1) is 7.67. The summed E-state index contributed by atoms with van der Waals surface area (Å²) in [6, 6.07) is 7.98. The Bertz CT molecular complexity index is 387. The molecule has 0 bridgehead atoms. The summed E-state index contributed by atoms with van der Waals surface area (Å²) < 4.78 is 0.800. The van der Waals surface area contributed by atoms with Crippen LogP contribution in [0.15, 0.2) is 22.7 Å². The highest BCUT2D eigenvalue weighted by Gasteiger charge is 2.04. The molecule has 0 radical (unpaired) electrons. The second-order valence-electron chi connectivity index (χ2n) is 3.72. The van der Waals surface area contributed by atoms with Crippen molar-refractivity contribution in [3.63, 3.8) is 0 Å². The lowest BCUT2D eigenvalue weighted by atomic mass is 10.1. The van der Waals surface area contributed by atoms with Gasteiger partial charge in [-0.2, -0.15) is 5.26 Å². The fourth-order valence-corrected chi connectivity index (χ4v) is 1.92. The minimum Gasteiger partial charge on any atom is -0.396 e. The molecule has 1 aromatic carbocycles. The van der Waals surface area contributed by atoms with Crippen LogP contribution >= 0.6 is 15.9 Å². The van der Waals surface area contributed by atoms with Crippen LogP contribution in [-0.2, 0) is 0 Å². The highest BCUT2D eigenvalue weighted by molar-refractivity contribution is 9.10. The van der Waals surface area contributed by atoms with Crippen molar-refractivity contribution in [2.24, 2.45) is 0 Å². The van der Waals surface area contributed by atoms with E-state index in [1.807, 2.05) is 12.1 Å². The third-order valence-corrected chi connectivity index (χ3v) is 2.95. The molecule has 0 aliphatic carbocycles. The highest BCUT2D eigenvalue weighted by atomic mass is 79.9. The first-order valence-corrected chi connectivity index (χ1v) is 6.03. The van der Waals surface area contributed by atoms with Gasteiger partial charge in [0.2, 0.25) is 0 Å². The summed E-state index contributed by atoms with van der Waals surface area (Å²) in [6.07, 6.45) is 1.72. The smallest absolute Gasteiger partial charge is 0.100 e. The van der Waals surface area contributed by atoms with Crippen molar-refractivity contribution in [1.82, 2.24) is 0 Å². The Morgan fingerprint density at radius 3 is 2.88 bits per heavy atom. The number of nitriles is 1. The van der Waals surface area contributed by atoms with Gasteiger partial charge in [-0.1, -0.05) is 0 Å². The van der Waals surface area contributed by atoms with Gasteiger partial charge in [0, 0.05) is 22.8 Å². The van der Waals surface area contributed by atoms with Crippen LogP contribution in [0, 0.1) is 11.3 Å². The number of aliphatic hydroxyl groups excluding tert-OH is 1. The van der Waals surface area contributed by atoms with Gasteiger partial charge in [-0.05, 0) is 53.9 Å². The molecule has 86 valence electrons. The van der Waals surface area contributed by atoms with Crippen molar-refractivity contribution in [2.45, 2.75) is 25.8 Å². The van der Waals surface area contributed by atoms with Crippen LogP contribution in [0.5, 0.6) is 0 Å². The Morgan fingerprint density at radius 1 is 1.56 bits per heavy atom. The quantitative estimate of drug-likeness (QED) is 0.873. The second kappa shape index (κ2) is 6.51. The van der Waals surface area contributed by atoms with Crippen molar-refractivity contribution >= 4 is 21.6 Å². The summed E-state index contributed by atoms with van der Waals surface area (Å²) in [5.74, 6) is 0. The average Bonchev–Trinajstić information content (AvgIpc) is 2.26. The molecule has 1 unspecified atom stereocenters. The number of hydrogen-bond donors (Lipinski definition) is 2. The number of aliphatic hydroxyl groups is 1. The molecule has 0 aromatic heterocycles. The van der Waals surface area contributed by atoms with Gasteiger partial charge in [0.1, 0.15) is 6.07 Å². The van der Waals surface area contributed by atoms with Gasteiger partial charge >= 0.3 is 0 Å². The van der Waals surface area contributed by atoms with Gasteiger partial charge in [-0.15, -0.1) is 0 Å². The first kappa shape index (κ1) is 13.0. The normalized spacial score (nSPS) is 11.9. The SMILES string of the molecule is CC(CCCO)Nc1ccc(C#N)c(Br)c1. The number of nitrogens with zero attached hydrogens (tertiary/aromatic N) is 1. The number of anilines is 1. The van der Waals surface area contributed by atoms with Crippen LogP contribution in [0.2, 0.25) is 0 Å². The minimum atomic E-state index is 0.225. The van der Waals surface area contributed by atoms with E-state index in [1.54, 1.807) is 6.07 Å². The maximum Gasteiger partial charge on any atom is 0.100 e. The van der Waals surface area contributed by atoms with Gasteiger partial charge in [0.25, 0.3) is 0 Å². The van der Waals surface area contributed by atoms with Crippen molar-refractivity contribution in [1.29, 1.82) is 5.26 Å². The summed E-state index contributed by atoms with van der Waals surface area (Å²) in [6.45, 7) is 2.30. The first-order valence-electron chi connectivity index (χ1n) is 5.24. The Balaban J connectivity index is 2.61. The molecule has 2 N–H and O–H groups in total. The summed E-state index contributed by atoms with van der Waals surface area (Å²) >= 11 is 3.35. The highest BCUT2D eigenvalue weighted by Crippen LogP contribution is 2.21. The Hall–Kier alpha value is -1.05. The van der Waals surface area contributed by atoms with Crippen molar-refractivity contribution in [3.8, 4) is 6.07 Å². The monoisotopic (exact) mass is 282 g/mol. The van der Waals surface area contributed by atoms with Crippen LogP contribution in [0.1, 0.15) is 25.3 Å². The molecule has 0 aliphatic rings. The van der Waals surface area contributed by atoms with E-state index in [2.05, 4.69) is 34.2 Å². The van der Waals surface area contributed by atoms with Crippen LogP contribution in [0.3, 0.4) is 0 Å². The molecule has 16 heavy (non-hydrogen) atoms. The number of rotatable bonds is 5. The Kier molecular flexibility index (Phi) is 5.30. The molecular formula is C12H15BrN2O. The zero-order chi connectivity index (χ0) is 12.0. The molecule has 1 rings (SSSR count). The topological polar surface area (TPSA) is 56.0 Å². The molecule has 0 saturated heterocycles. The van der Waals surface area contributed by atoms with E-state index in [4.69, 9.17) is 10.4 Å². The largest absolute Gasteiger partial charge is 0.396 e. The maximum absolute atomic E-state index is 8.78. The fraction of sp³-hybridized carbons (Fsp3) is 0.417. The van der Waals surface area contributed by atoms with Crippen LogP contribution in [0.25, 0.3) is 0 Å². The van der Waals surface area contributed by atoms with Crippen LogP contribution in [0.4, 0.5) is 5.69 Å². The standard InChI is InChI=1S/C12H15BrN2O/c1-9(3-2-6-16)15-11-5-4-10(8-14)12(13)7-11/h4-5,7,9,15-16H,2-3,6H2,1H3. The van der Waals surface area contributed by atoms with E-state index in [0.717, 1.165) is 23.0 Å². The Morgan fingerprint density at radius 2 is 2.31 bits per heavy atom. The lowest BCUT2D eigenvalue weighted by Gasteiger charge is -2.15. The van der Waals surface area contributed by atoms with Crippen LogP contribution < -0.4 is 5.32 Å². The molecule has 0 amide bonds. The van der Waals surface area contributed by atoms with Gasteiger partial charge in [-0.25, -0.2) is 0 Å². The average molecular weight is 283 g/mol. The van der Waals surface area contributed by atoms with E-state index in [0.29, 0.717) is 11.6 Å². The summed E-state index contributed by atoms with van der Waals surface area (Å²) in [4.78, 5) is 0. The molecule has 0 saturated carbocycles. The van der Waals surface area contributed by atoms with Crippen LogP contribution in [-0.4, -0.2) is 17.8 Å². The molecule has 0 heterocycles. The third kappa shape index (κ3) is 3.84. The molecule has 4 heteroatoms. The van der Waals surface area contributed by atoms with Gasteiger partial charge in [0.15, 0.2) is 0 Å². The van der Waals surface area contributed by atoms with E-state index in [9.17, 15) is 0 Å². The van der Waals surface area contributed by atoms with Crippen molar-refractivity contribution in [2.75, 3.05) is 11.9 Å². The fourth-order valence-electron chi connectivity index (χ4n) is 1.45.